The van der Waals surface area contributed by atoms with Crippen molar-refractivity contribution in [3.8, 4) is 5.75 Å². The number of amides is 1. The van der Waals surface area contributed by atoms with Gasteiger partial charge in [-0.25, -0.2) is 0 Å². The molecule has 1 aromatic rings. The van der Waals surface area contributed by atoms with Crippen molar-refractivity contribution in [2.45, 2.75) is 57.8 Å². The SMILES string of the molecule is CN=C1NC(N2CCCCCC2)C(C(=O)NC2C=CN(Cc3ccc(O)cc3)CC2)C(C)C1C=N. The Morgan fingerprint density at radius 3 is 2.51 bits per heavy atom. The van der Waals surface area contributed by atoms with Crippen LogP contribution in [0.2, 0.25) is 0 Å². The molecule has 35 heavy (non-hydrogen) atoms. The van der Waals surface area contributed by atoms with Crippen LogP contribution in [0.25, 0.3) is 0 Å². The summed E-state index contributed by atoms with van der Waals surface area (Å²) in [4.78, 5) is 22.8. The van der Waals surface area contributed by atoms with Crippen molar-refractivity contribution in [3.63, 3.8) is 0 Å². The molecule has 2 saturated heterocycles. The number of likely N-dealkylation sites (tertiary alicyclic amines) is 1. The monoisotopic (exact) mass is 480 g/mol. The van der Waals surface area contributed by atoms with Crippen molar-refractivity contribution in [1.82, 2.24) is 20.4 Å². The van der Waals surface area contributed by atoms with Crippen LogP contribution in [0, 0.1) is 23.2 Å². The van der Waals surface area contributed by atoms with E-state index in [-0.39, 0.29) is 41.6 Å². The van der Waals surface area contributed by atoms with Crippen LogP contribution in [-0.2, 0) is 11.3 Å². The van der Waals surface area contributed by atoms with Gasteiger partial charge in [-0.15, -0.1) is 0 Å². The Morgan fingerprint density at radius 2 is 1.91 bits per heavy atom. The molecule has 3 aliphatic rings. The number of benzene rings is 1. The van der Waals surface area contributed by atoms with Gasteiger partial charge in [0.1, 0.15) is 11.6 Å². The highest BCUT2D eigenvalue weighted by Gasteiger charge is 2.46. The normalized spacial score (nSPS) is 31.0. The molecule has 2 fully saturated rings. The van der Waals surface area contributed by atoms with Crippen LogP contribution in [0.5, 0.6) is 5.75 Å². The third-order valence-corrected chi connectivity index (χ3v) is 7.75. The van der Waals surface area contributed by atoms with E-state index in [0.29, 0.717) is 0 Å². The van der Waals surface area contributed by atoms with Gasteiger partial charge in [-0.1, -0.05) is 31.9 Å². The number of nitrogens with one attached hydrogen (secondary N) is 3. The molecule has 3 heterocycles. The van der Waals surface area contributed by atoms with E-state index >= 15 is 0 Å². The molecule has 3 aliphatic heterocycles. The second-order valence-corrected chi connectivity index (χ2v) is 10.1. The summed E-state index contributed by atoms with van der Waals surface area (Å²) in [5, 5.41) is 24.3. The molecule has 4 rings (SSSR count). The van der Waals surface area contributed by atoms with Gasteiger partial charge in [-0.05, 0) is 55.2 Å². The molecule has 0 spiro atoms. The summed E-state index contributed by atoms with van der Waals surface area (Å²) in [5.74, 6) is 0.698. The van der Waals surface area contributed by atoms with Crippen LogP contribution >= 0.6 is 0 Å². The highest BCUT2D eigenvalue weighted by molar-refractivity contribution is 5.99. The third kappa shape index (κ3) is 6.04. The fourth-order valence-corrected chi connectivity index (χ4v) is 5.68. The Morgan fingerprint density at radius 1 is 1.20 bits per heavy atom. The Bertz CT molecular complexity index is 922. The molecular formula is C27H40N6O2. The van der Waals surface area contributed by atoms with Crippen molar-refractivity contribution < 1.29 is 9.90 Å². The van der Waals surface area contributed by atoms with Gasteiger partial charge in [0.2, 0.25) is 5.91 Å². The van der Waals surface area contributed by atoms with Gasteiger partial charge in [-0.3, -0.25) is 14.7 Å². The number of aromatic hydroxyl groups is 1. The second kappa shape index (κ2) is 11.7. The quantitative estimate of drug-likeness (QED) is 0.469. The number of hydrogen-bond donors (Lipinski definition) is 4. The number of rotatable bonds is 6. The van der Waals surface area contributed by atoms with Crippen molar-refractivity contribution in [1.29, 1.82) is 5.41 Å². The van der Waals surface area contributed by atoms with E-state index in [0.717, 1.165) is 56.8 Å². The van der Waals surface area contributed by atoms with Gasteiger partial charge in [-0.2, -0.15) is 0 Å². The summed E-state index contributed by atoms with van der Waals surface area (Å²) >= 11 is 0. The average molecular weight is 481 g/mol. The largest absolute Gasteiger partial charge is 0.508 e. The predicted octanol–water partition coefficient (Wildman–Crippen LogP) is 2.95. The third-order valence-electron chi connectivity index (χ3n) is 7.75. The van der Waals surface area contributed by atoms with Crippen molar-refractivity contribution in [3.05, 3.63) is 42.1 Å². The molecule has 8 nitrogen and oxygen atoms in total. The van der Waals surface area contributed by atoms with Crippen LogP contribution in [0.15, 0.2) is 41.5 Å². The van der Waals surface area contributed by atoms with E-state index in [1.54, 1.807) is 19.2 Å². The minimum atomic E-state index is -0.256. The molecule has 5 atom stereocenters. The maximum absolute atomic E-state index is 13.7. The van der Waals surface area contributed by atoms with Crippen LogP contribution in [0.3, 0.4) is 0 Å². The summed E-state index contributed by atoms with van der Waals surface area (Å²) in [7, 11) is 1.77. The van der Waals surface area contributed by atoms with Gasteiger partial charge in [0, 0.05) is 39.4 Å². The summed E-state index contributed by atoms with van der Waals surface area (Å²) in [6.45, 7) is 5.68. The van der Waals surface area contributed by atoms with Gasteiger partial charge in [0.25, 0.3) is 0 Å². The molecule has 0 radical (unpaired) electrons. The number of carbonyl (C=O) groups excluding carboxylic acids is 1. The fraction of sp³-hybridized carbons (Fsp3) is 0.593. The number of amidine groups is 1. The first-order chi connectivity index (χ1) is 17.0. The highest BCUT2D eigenvalue weighted by atomic mass is 16.3. The first-order valence-corrected chi connectivity index (χ1v) is 13.0. The number of aliphatic imine (C=N–C) groups is 1. The molecule has 0 aromatic heterocycles. The topological polar surface area (TPSA) is 104 Å². The van der Waals surface area contributed by atoms with Crippen LogP contribution in [0.4, 0.5) is 0 Å². The number of phenols is 1. The first-order valence-electron chi connectivity index (χ1n) is 13.0. The summed E-state index contributed by atoms with van der Waals surface area (Å²) < 4.78 is 0. The van der Waals surface area contributed by atoms with E-state index in [2.05, 4.69) is 44.6 Å². The molecule has 8 heteroatoms. The van der Waals surface area contributed by atoms with Gasteiger partial charge >= 0.3 is 0 Å². The number of phenolic OH excluding ortho intramolecular Hbond substituents is 1. The molecule has 0 bridgehead atoms. The predicted molar refractivity (Wildman–Crippen MR) is 139 cm³/mol. The molecule has 0 saturated carbocycles. The molecule has 5 unspecified atom stereocenters. The molecule has 190 valence electrons. The highest BCUT2D eigenvalue weighted by Crippen LogP contribution is 2.32. The van der Waals surface area contributed by atoms with Crippen LogP contribution in [-0.4, -0.2) is 71.8 Å². The van der Waals surface area contributed by atoms with Gasteiger partial charge < -0.3 is 26.0 Å². The van der Waals surface area contributed by atoms with E-state index in [1.165, 1.54) is 19.1 Å². The van der Waals surface area contributed by atoms with E-state index in [9.17, 15) is 9.90 Å². The molecule has 0 aliphatic carbocycles. The minimum Gasteiger partial charge on any atom is -0.508 e. The molecule has 4 N–H and O–H groups in total. The van der Waals surface area contributed by atoms with E-state index in [1.807, 2.05) is 12.1 Å². The number of carbonyl (C=O) groups is 1. The van der Waals surface area contributed by atoms with Crippen molar-refractivity contribution in [2.24, 2.45) is 22.7 Å². The van der Waals surface area contributed by atoms with Crippen LogP contribution in [0.1, 0.15) is 44.6 Å². The molecular weight excluding hydrogens is 440 g/mol. The number of piperidine rings is 1. The Hall–Kier alpha value is -2.87. The number of nitrogens with zero attached hydrogens (tertiary/aromatic N) is 3. The van der Waals surface area contributed by atoms with Crippen LogP contribution < -0.4 is 10.6 Å². The maximum Gasteiger partial charge on any atom is 0.227 e. The van der Waals surface area contributed by atoms with E-state index in [4.69, 9.17) is 5.41 Å². The second-order valence-electron chi connectivity index (χ2n) is 10.1. The lowest BCUT2D eigenvalue weighted by Gasteiger charge is -2.46. The smallest absolute Gasteiger partial charge is 0.227 e. The van der Waals surface area contributed by atoms with Gasteiger partial charge in [0.15, 0.2) is 0 Å². The zero-order valence-corrected chi connectivity index (χ0v) is 21.0. The summed E-state index contributed by atoms with van der Waals surface area (Å²) in [6, 6.07) is 7.29. The standard InChI is InChI=1S/C27H40N6O2/c1-19-23(17-28)25(29-2)31-26(33-13-5-3-4-6-14-33)24(19)27(35)30-21-11-15-32(16-12-21)18-20-7-9-22(34)10-8-20/h7-11,15,17,19,21,23-24,26,28,34H,3-6,12-14,16,18H2,1-2H3,(H,29,31)(H,30,35). The Balaban J connectivity index is 1.44. The Kier molecular flexibility index (Phi) is 8.44. The Labute approximate surface area is 209 Å². The van der Waals surface area contributed by atoms with Crippen molar-refractivity contribution >= 4 is 18.0 Å². The van der Waals surface area contributed by atoms with Crippen molar-refractivity contribution in [2.75, 3.05) is 26.7 Å². The minimum absolute atomic E-state index is 0.00442. The van der Waals surface area contributed by atoms with E-state index < -0.39 is 0 Å². The summed E-state index contributed by atoms with van der Waals surface area (Å²) in [5.41, 5.74) is 1.14. The number of hydrogen-bond acceptors (Lipinski definition) is 6. The lowest BCUT2D eigenvalue weighted by molar-refractivity contribution is -0.131. The fourth-order valence-electron chi connectivity index (χ4n) is 5.68. The maximum atomic E-state index is 13.7. The molecule has 1 aromatic carbocycles. The van der Waals surface area contributed by atoms with Gasteiger partial charge in [0.05, 0.1) is 24.0 Å². The summed E-state index contributed by atoms with van der Waals surface area (Å²) in [6.07, 6.45) is 11.1. The average Bonchev–Trinajstić information content (AvgIpc) is 3.15. The zero-order chi connectivity index (χ0) is 24.8. The first kappa shape index (κ1) is 25.2. The lowest BCUT2D eigenvalue weighted by atomic mass is 9.76. The zero-order valence-electron chi connectivity index (χ0n) is 21.0. The lowest BCUT2D eigenvalue weighted by Crippen LogP contribution is -2.65. The molecule has 1 amide bonds.